The van der Waals surface area contributed by atoms with Crippen LogP contribution in [0.5, 0.6) is 0 Å². The molecular formula is C16H18FN3O. The molecule has 1 unspecified atom stereocenters. The summed E-state index contributed by atoms with van der Waals surface area (Å²) in [5.41, 5.74) is 1.29. The van der Waals surface area contributed by atoms with Crippen molar-refractivity contribution in [2.45, 2.75) is 38.8 Å². The first-order valence-corrected chi connectivity index (χ1v) is 7.16. The van der Waals surface area contributed by atoms with E-state index in [9.17, 15) is 9.18 Å². The Kier molecular flexibility index (Phi) is 3.49. The lowest BCUT2D eigenvalue weighted by atomic mass is 10.1. The maximum Gasteiger partial charge on any atom is 0.293 e. The van der Waals surface area contributed by atoms with Gasteiger partial charge in [-0.25, -0.2) is 9.37 Å². The highest BCUT2D eigenvalue weighted by atomic mass is 19.1. The van der Waals surface area contributed by atoms with Crippen molar-refractivity contribution in [3.05, 3.63) is 57.9 Å². The molecule has 0 radical (unpaired) electrons. The van der Waals surface area contributed by atoms with Crippen LogP contribution in [0.1, 0.15) is 43.0 Å². The van der Waals surface area contributed by atoms with E-state index in [0.717, 1.165) is 18.4 Å². The minimum Gasteiger partial charge on any atom is -0.359 e. The monoisotopic (exact) mass is 287 g/mol. The SMILES string of the molecule is Cc1ccc(C(C)Nc2nccn(C3CC3)c2=O)cc1F. The maximum absolute atomic E-state index is 13.6. The number of benzene rings is 1. The van der Waals surface area contributed by atoms with Gasteiger partial charge in [0.2, 0.25) is 0 Å². The third-order valence-electron chi connectivity index (χ3n) is 3.86. The van der Waals surface area contributed by atoms with E-state index in [-0.39, 0.29) is 17.4 Å². The molecule has 21 heavy (non-hydrogen) atoms. The van der Waals surface area contributed by atoms with E-state index >= 15 is 0 Å². The third kappa shape index (κ3) is 2.82. The zero-order chi connectivity index (χ0) is 15.0. The molecule has 1 aliphatic rings. The lowest BCUT2D eigenvalue weighted by Gasteiger charge is -2.16. The molecule has 4 nitrogen and oxygen atoms in total. The average Bonchev–Trinajstić information content (AvgIpc) is 3.28. The fourth-order valence-corrected chi connectivity index (χ4v) is 2.33. The van der Waals surface area contributed by atoms with Gasteiger partial charge in [0.25, 0.3) is 5.56 Å². The fourth-order valence-electron chi connectivity index (χ4n) is 2.33. The Bertz CT molecular complexity index is 722. The number of anilines is 1. The molecule has 0 aliphatic heterocycles. The molecule has 1 aromatic heterocycles. The van der Waals surface area contributed by atoms with Crippen LogP contribution in [0.3, 0.4) is 0 Å². The number of aromatic nitrogens is 2. The predicted molar refractivity (Wildman–Crippen MR) is 79.9 cm³/mol. The van der Waals surface area contributed by atoms with E-state index in [1.165, 1.54) is 6.07 Å². The third-order valence-corrected chi connectivity index (χ3v) is 3.86. The van der Waals surface area contributed by atoms with E-state index in [4.69, 9.17) is 0 Å². The Hall–Kier alpha value is -2.17. The van der Waals surface area contributed by atoms with E-state index < -0.39 is 0 Å². The zero-order valence-corrected chi connectivity index (χ0v) is 12.1. The lowest BCUT2D eigenvalue weighted by molar-refractivity contribution is 0.614. The van der Waals surface area contributed by atoms with Gasteiger partial charge in [0, 0.05) is 18.4 Å². The second-order valence-corrected chi connectivity index (χ2v) is 5.59. The molecule has 0 saturated heterocycles. The summed E-state index contributed by atoms with van der Waals surface area (Å²) in [6.45, 7) is 3.62. The number of nitrogens with zero attached hydrogens (tertiary/aromatic N) is 2. The molecule has 5 heteroatoms. The number of hydrogen-bond donors (Lipinski definition) is 1. The quantitative estimate of drug-likeness (QED) is 0.939. The lowest BCUT2D eigenvalue weighted by Crippen LogP contribution is -2.24. The molecule has 1 aromatic carbocycles. The second kappa shape index (κ2) is 5.31. The van der Waals surface area contributed by atoms with Gasteiger partial charge in [0.15, 0.2) is 5.82 Å². The molecule has 1 heterocycles. The van der Waals surface area contributed by atoms with Crippen LogP contribution in [0.4, 0.5) is 10.2 Å². The molecule has 3 rings (SSSR count). The standard InChI is InChI=1S/C16H18FN3O/c1-10-3-4-12(9-14(10)17)11(2)19-15-16(21)20(8-7-18-15)13-5-6-13/h3-4,7-9,11,13H,5-6H2,1-2H3,(H,18,19). The Morgan fingerprint density at radius 2 is 2.19 bits per heavy atom. The summed E-state index contributed by atoms with van der Waals surface area (Å²) in [7, 11) is 0. The number of halogens is 1. The second-order valence-electron chi connectivity index (χ2n) is 5.59. The first kappa shape index (κ1) is 13.8. The van der Waals surface area contributed by atoms with Crippen LogP contribution >= 0.6 is 0 Å². The van der Waals surface area contributed by atoms with Crippen LogP contribution in [0.15, 0.2) is 35.4 Å². The minimum absolute atomic E-state index is 0.112. The predicted octanol–water partition coefficient (Wildman–Crippen LogP) is 3.20. The molecule has 2 aromatic rings. The molecule has 1 fully saturated rings. The van der Waals surface area contributed by atoms with Crippen molar-refractivity contribution in [1.29, 1.82) is 0 Å². The summed E-state index contributed by atoms with van der Waals surface area (Å²) in [5, 5.41) is 3.09. The molecule has 1 N–H and O–H groups in total. The van der Waals surface area contributed by atoms with Crippen molar-refractivity contribution in [3.63, 3.8) is 0 Å². The summed E-state index contributed by atoms with van der Waals surface area (Å²) >= 11 is 0. The van der Waals surface area contributed by atoms with Crippen molar-refractivity contribution in [1.82, 2.24) is 9.55 Å². The highest BCUT2D eigenvalue weighted by Crippen LogP contribution is 2.33. The summed E-state index contributed by atoms with van der Waals surface area (Å²) in [5.74, 6) is 0.0791. The summed E-state index contributed by atoms with van der Waals surface area (Å²) in [6.07, 6.45) is 5.44. The highest BCUT2D eigenvalue weighted by Gasteiger charge is 2.25. The Labute approximate surface area is 122 Å². The maximum atomic E-state index is 13.6. The van der Waals surface area contributed by atoms with Crippen LogP contribution in [0.25, 0.3) is 0 Å². The first-order chi connectivity index (χ1) is 10.1. The fraction of sp³-hybridized carbons (Fsp3) is 0.375. The Morgan fingerprint density at radius 3 is 2.86 bits per heavy atom. The van der Waals surface area contributed by atoms with Gasteiger partial charge in [-0.15, -0.1) is 0 Å². The topological polar surface area (TPSA) is 46.9 Å². The number of nitrogens with one attached hydrogen (secondary N) is 1. The van der Waals surface area contributed by atoms with Crippen LogP contribution in [-0.4, -0.2) is 9.55 Å². The number of hydrogen-bond acceptors (Lipinski definition) is 3. The first-order valence-electron chi connectivity index (χ1n) is 7.16. The van der Waals surface area contributed by atoms with E-state index in [1.807, 2.05) is 13.0 Å². The number of aryl methyl sites for hydroxylation is 1. The van der Waals surface area contributed by atoms with Crippen LogP contribution in [0, 0.1) is 12.7 Å². The zero-order valence-electron chi connectivity index (χ0n) is 12.1. The van der Waals surface area contributed by atoms with Gasteiger partial charge in [-0.05, 0) is 43.9 Å². The summed E-state index contributed by atoms with van der Waals surface area (Å²) in [6, 6.07) is 5.22. The molecule has 110 valence electrons. The van der Waals surface area contributed by atoms with Gasteiger partial charge in [-0.3, -0.25) is 4.79 Å². The van der Waals surface area contributed by atoms with Crippen molar-refractivity contribution < 1.29 is 4.39 Å². The van der Waals surface area contributed by atoms with E-state index in [2.05, 4.69) is 10.3 Å². The van der Waals surface area contributed by atoms with Crippen LogP contribution in [0.2, 0.25) is 0 Å². The number of rotatable bonds is 4. The molecule has 0 amide bonds. The van der Waals surface area contributed by atoms with E-state index in [0.29, 0.717) is 17.4 Å². The smallest absolute Gasteiger partial charge is 0.293 e. The van der Waals surface area contributed by atoms with Gasteiger partial charge in [0.05, 0.1) is 6.04 Å². The van der Waals surface area contributed by atoms with Crippen molar-refractivity contribution in [2.75, 3.05) is 5.32 Å². The molecule has 1 saturated carbocycles. The van der Waals surface area contributed by atoms with E-state index in [1.54, 1.807) is 30.0 Å². The van der Waals surface area contributed by atoms with Crippen molar-refractivity contribution >= 4 is 5.82 Å². The van der Waals surface area contributed by atoms with Gasteiger partial charge in [-0.1, -0.05) is 12.1 Å². The molecule has 0 bridgehead atoms. The van der Waals surface area contributed by atoms with Gasteiger partial charge < -0.3 is 9.88 Å². The minimum atomic E-state index is -0.238. The molecule has 1 aliphatic carbocycles. The normalized spacial score (nSPS) is 15.8. The van der Waals surface area contributed by atoms with Gasteiger partial charge >= 0.3 is 0 Å². The Morgan fingerprint density at radius 1 is 1.43 bits per heavy atom. The van der Waals surface area contributed by atoms with Crippen LogP contribution in [-0.2, 0) is 0 Å². The molecular weight excluding hydrogens is 269 g/mol. The van der Waals surface area contributed by atoms with Crippen LogP contribution < -0.4 is 10.9 Å². The highest BCUT2D eigenvalue weighted by molar-refractivity contribution is 5.37. The summed E-state index contributed by atoms with van der Waals surface area (Å²) in [4.78, 5) is 16.4. The van der Waals surface area contributed by atoms with Crippen molar-refractivity contribution in [2.24, 2.45) is 0 Å². The van der Waals surface area contributed by atoms with Crippen molar-refractivity contribution in [3.8, 4) is 0 Å². The van der Waals surface area contributed by atoms with Gasteiger partial charge in [0.1, 0.15) is 5.82 Å². The molecule has 0 spiro atoms. The average molecular weight is 287 g/mol. The molecule has 1 atom stereocenters. The van der Waals surface area contributed by atoms with Gasteiger partial charge in [-0.2, -0.15) is 0 Å². The summed E-state index contributed by atoms with van der Waals surface area (Å²) < 4.78 is 15.3. The Balaban J connectivity index is 1.84. The largest absolute Gasteiger partial charge is 0.359 e.